The number of hydrogen-bond acceptors (Lipinski definition) is 4. The molecule has 0 heterocycles. The molecule has 104 valence electrons. The van der Waals surface area contributed by atoms with Crippen molar-refractivity contribution in [2.75, 3.05) is 5.32 Å². The van der Waals surface area contributed by atoms with E-state index in [-0.39, 0.29) is 10.6 Å². The number of anilines is 1. The summed E-state index contributed by atoms with van der Waals surface area (Å²) in [6.07, 6.45) is 0. The van der Waals surface area contributed by atoms with Crippen LogP contribution in [0.1, 0.15) is 15.9 Å². The van der Waals surface area contributed by atoms with E-state index in [1.165, 1.54) is 42.5 Å². The van der Waals surface area contributed by atoms with Crippen molar-refractivity contribution < 1.29 is 9.72 Å². The van der Waals surface area contributed by atoms with Gasteiger partial charge in [0, 0.05) is 5.69 Å². The summed E-state index contributed by atoms with van der Waals surface area (Å²) in [7, 11) is 0. The Labute approximate surface area is 124 Å². The van der Waals surface area contributed by atoms with Crippen LogP contribution in [0.3, 0.4) is 0 Å². The van der Waals surface area contributed by atoms with Crippen LogP contribution in [0.4, 0.5) is 11.4 Å². The van der Waals surface area contributed by atoms with E-state index in [9.17, 15) is 14.9 Å². The van der Waals surface area contributed by atoms with Gasteiger partial charge in [-0.3, -0.25) is 14.9 Å². The monoisotopic (exact) mass is 301 g/mol. The fourth-order valence-electron chi connectivity index (χ4n) is 1.71. The van der Waals surface area contributed by atoms with Gasteiger partial charge in [0.05, 0.1) is 16.6 Å². The van der Waals surface area contributed by atoms with Crippen LogP contribution < -0.4 is 5.32 Å². The van der Waals surface area contributed by atoms with Gasteiger partial charge in [-0.2, -0.15) is 5.26 Å². The Morgan fingerprint density at radius 3 is 2.48 bits per heavy atom. The number of nitro benzene ring substituents is 1. The van der Waals surface area contributed by atoms with Crippen LogP contribution in [-0.2, 0) is 0 Å². The normalized spacial score (nSPS) is 9.71. The summed E-state index contributed by atoms with van der Waals surface area (Å²) in [6.45, 7) is 0. The number of amides is 1. The molecule has 0 aliphatic rings. The molecule has 2 rings (SSSR count). The Kier molecular flexibility index (Phi) is 4.16. The summed E-state index contributed by atoms with van der Waals surface area (Å²) < 4.78 is 0. The highest BCUT2D eigenvalue weighted by Gasteiger charge is 2.23. The van der Waals surface area contributed by atoms with Gasteiger partial charge in [0.1, 0.15) is 10.6 Å². The van der Waals surface area contributed by atoms with Gasteiger partial charge in [-0.15, -0.1) is 0 Å². The zero-order valence-electron chi connectivity index (χ0n) is 10.5. The fraction of sp³-hybridized carbons (Fsp3) is 0. The highest BCUT2D eigenvalue weighted by molar-refractivity contribution is 6.33. The van der Waals surface area contributed by atoms with Crippen LogP contribution in [0.2, 0.25) is 5.02 Å². The number of nitro groups is 1. The third-order valence-electron chi connectivity index (χ3n) is 2.69. The molecule has 0 fully saturated rings. The van der Waals surface area contributed by atoms with Gasteiger partial charge in [0.2, 0.25) is 0 Å². The minimum atomic E-state index is -0.698. The minimum Gasteiger partial charge on any atom is -0.322 e. The Balaban J connectivity index is 2.30. The number of nitrogens with one attached hydrogen (secondary N) is 1. The molecule has 0 saturated carbocycles. The van der Waals surface area contributed by atoms with Crippen LogP contribution in [0.15, 0.2) is 42.5 Å². The number of hydrogen-bond donors (Lipinski definition) is 1. The van der Waals surface area contributed by atoms with Crippen LogP contribution in [0.5, 0.6) is 0 Å². The van der Waals surface area contributed by atoms with Gasteiger partial charge in [-0.05, 0) is 36.4 Å². The van der Waals surface area contributed by atoms with Crippen molar-refractivity contribution in [3.05, 3.63) is 68.7 Å². The molecule has 0 aromatic heterocycles. The Hall–Kier alpha value is -2.91. The summed E-state index contributed by atoms with van der Waals surface area (Å²) in [5.74, 6) is -0.645. The molecule has 0 radical (unpaired) electrons. The SMILES string of the molecule is N#Cc1ccc(NC(=O)c2cccc(Cl)c2[N+](=O)[O-])cc1. The summed E-state index contributed by atoms with van der Waals surface area (Å²) in [5, 5.41) is 22.1. The summed E-state index contributed by atoms with van der Waals surface area (Å²) in [5.41, 5.74) is 0.303. The van der Waals surface area contributed by atoms with Crippen LogP contribution in [-0.4, -0.2) is 10.8 Å². The van der Waals surface area contributed by atoms with Gasteiger partial charge in [0.15, 0.2) is 0 Å². The predicted octanol–water partition coefficient (Wildman–Crippen LogP) is 3.37. The Morgan fingerprint density at radius 1 is 1.24 bits per heavy atom. The van der Waals surface area contributed by atoms with Gasteiger partial charge >= 0.3 is 5.69 Å². The third-order valence-corrected chi connectivity index (χ3v) is 2.99. The quantitative estimate of drug-likeness (QED) is 0.694. The molecule has 2 aromatic carbocycles. The molecule has 7 heteroatoms. The van der Waals surface area contributed by atoms with E-state index in [1.807, 2.05) is 6.07 Å². The van der Waals surface area contributed by atoms with E-state index in [0.717, 1.165) is 0 Å². The molecule has 1 N–H and O–H groups in total. The summed E-state index contributed by atoms with van der Waals surface area (Å²) >= 11 is 5.75. The van der Waals surface area contributed by atoms with Gasteiger partial charge in [0.25, 0.3) is 5.91 Å². The lowest BCUT2D eigenvalue weighted by Gasteiger charge is -2.06. The maximum absolute atomic E-state index is 12.1. The summed E-state index contributed by atoms with van der Waals surface area (Å²) in [6, 6.07) is 12.2. The molecular weight excluding hydrogens is 294 g/mol. The molecule has 0 aliphatic carbocycles. The molecule has 6 nitrogen and oxygen atoms in total. The molecule has 0 atom stereocenters. The average Bonchev–Trinajstić information content (AvgIpc) is 2.47. The molecule has 2 aromatic rings. The first kappa shape index (κ1) is 14.5. The van der Waals surface area contributed by atoms with Crippen LogP contribution in [0.25, 0.3) is 0 Å². The van der Waals surface area contributed by atoms with Gasteiger partial charge in [-0.1, -0.05) is 17.7 Å². The largest absolute Gasteiger partial charge is 0.322 e. The number of benzene rings is 2. The van der Waals surface area contributed by atoms with Crippen LogP contribution >= 0.6 is 11.6 Å². The zero-order valence-corrected chi connectivity index (χ0v) is 11.3. The number of nitrogens with zero attached hydrogens (tertiary/aromatic N) is 2. The second-order valence-electron chi connectivity index (χ2n) is 4.04. The minimum absolute atomic E-state index is 0.104. The number of para-hydroxylation sites is 1. The summed E-state index contributed by atoms with van der Waals surface area (Å²) in [4.78, 5) is 22.4. The van der Waals surface area contributed by atoms with Crippen molar-refractivity contribution in [2.24, 2.45) is 0 Å². The number of halogens is 1. The van der Waals surface area contributed by atoms with Crippen molar-refractivity contribution in [1.29, 1.82) is 5.26 Å². The van der Waals surface area contributed by atoms with Crippen molar-refractivity contribution in [3.8, 4) is 6.07 Å². The average molecular weight is 302 g/mol. The molecule has 21 heavy (non-hydrogen) atoms. The lowest BCUT2D eigenvalue weighted by molar-refractivity contribution is -0.385. The predicted molar refractivity (Wildman–Crippen MR) is 77.2 cm³/mol. The topological polar surface area (TPSA) is 96.0 Å². The smallest absolute Gasteiger partial charge is 0.300 e. The van der Waals surface area contributed by atoms with E-state index < -0.39 is 16.5 Å². The number of rotatable bonds is 3. The molecular formula is C14H8ClN3O3. The Bertz CT molecular complexity index is 751. The molecule has 0 bridgehead atoms. The first-order valence-corrected chi connectivity index (χ1v) is 6.15. The highest BCUT2D eigenvalue weighted by atomic mass is 35.5. The first-order valence-electron chi connectivity index (χ1n) is 5.77. The molecule has 0 unspecified atom stereocenters. The van der Waals surface area contributed by atoms with Crippen molar-refractivity contribution >= 4 is 28.9 Å². The maximum atomic E-state index is 12.1. The standard InChI is InChI=1S/C14H8ClN3O3/c15-12-3-1-2-11(13(12)18(20)21)14(19)17-10-6-4-9(8-16)5-7-10/h1-7H,(H,17,19). The van der Waals surface area contributed by atoms with E-state index >= 15 is 0 Å². The lowest BCUT2D eigenvalue weighted by atomic mass is 10.1. The van der Waals surface area contributed by atoms with E-state index in [4.69, 9.17) is 16.9 Å². The zero-order chi connectivity index (χ0) is 15.4. The van der Waals surface area contributed by atoms with Gasteiger partial charge in [-0.25, -0.2) is 0 Å². The van der Waals surface area contributed by atoms with Crippen molar-refractivity contribution in [2.45, 2.75) is 0 Å². The van der Waals surface area contributed by atoms with E-state index in [0.29, 0.717) is 11.3 Å². The van der Waals surface area contributed by atoms with Crippen LogP contribution in [0, 0.1) is 21.4 Å². The molecule has 0 saturated heterocycles. The van der Waals surface area contributed by atoms with Crippen molar-refractivity contribution in [1.82, 2.24) is 0 Å². The number of carbonyl (C=O) groups excluding carboxylic acids is 1. The lowest BCUT2D eigenvalue weighted by Crippen LogP contribution is -2.14. The van der Waals surface area contributed by atoms with Crippen molar-refractivity contribution in [3.63, 3.8) is 0 Å². The second kappa shape index (κ2) is 6.03. The van der Waals surface area contributed by atoms with Gasteiger partial charge < -0.3 is 5.32 Å². The Morgan fingerprint density at radius 2 is 1.90 bits per heavy atom. The van der Waals surface area contributed by atoms with E-state index in [1.54, 1.807) is 0 Å². The number of nitriles is 1. The maximum Gasteiger partial charge on any atom is 0.300 e. The fourth-order valence-corrected chi connectivity index (χ4v) is 1.95. The first-order chi connectivity index (χ1) is 10.0. The third kappa shape index (κ3) is 3.16. The molecule has 1 amide bonds. The molecule has 0 spiro atoms. The number of carbonyl (C=O) groups is 1. The molecule has 0 aliphatic heterocycles. The van der Waals surface area contributed by atoms with E-state index in [2.05, 4.69) is 5.32 Å². The second-order valence-corrected chi connectivity index (χ2v) is 4.44. The highest BCUT2D eigenvalue weighted by Crippen LogP contribution is 2.28.